The fraction of sp³-hybridized carbons (Fsp3) is 0.0833. The fourth-order valence-electron chi connectivity index (χ4n) is 1.48. The number of anilines is 1. The smallest absolute Gasteiger partial charge is 0.208 e. The van der Waals surface area contributed by atoms with Gasteiger partial charge in [-0.1, -0.05) is 17.7 Å². The third-order valence-corrected chi connectivity index (χ3v) is 3.58. The molecule has 0 aliphatic carbocycles. The number of hydrogen-bond acceptors (Lipinski definition) is 4. The number of nitrogen functional groups attached to an aromatic ring is 1. The van der Waals surface area contributed by atoms with Crippen molar-refractivity contribution >= 4 is 34.4 Å². The topological polar surface area (TPSA) is 52.3 Å². The molecule has 2 N–H and O–H groups in total. The zero-order valence-electron chi connectivity index (χ0n) is 9.07. The van der Waals surface area contributed by atoms with Crippen LogP contribution < -0.4 is 10.5 Å². The molecule has 0 amide bonds. The second-order valence-electron chi connectivity index (χ2n) is 3.35. The Morgan fingerprint density at radius 3 is 2.88 bits per heavy atom. The number of carbonyl (C=O) groups excluding carboxylic acids is 1. The minimum Gasteiger partial charge on any atom is -0.495 e. The normalized spacial score (nSPS) is 10.2. The molecule has 1 aromatic heterocycles. The number of hydrogen-bond donors (Lipinski definition) is 1. The van der Waals surface area contributed by atoms with Crippen molar-refractivity contribution in [2.45, 2.75) is 0 Å². The van der Waals surface area contributed by atoms with E-state index in [4.69, 9.17) is 22.1 Å². The van der Waals surface area contributed by atoms with Gasteiger partial charge in [-0.15, -0.1) is 11.3 Å². The van der Waals surface area contributed by atoms with Crippen LogP contribution in [0, 0.1) is 0 Å². The first-order valence-corrected chi connectivity index (χ1v) is 6.11. The lowest BCUT2D eigenvalue weighted by molar-refractivity contribution is 0.104. The van der Waals surface area contributed by atoms with Gasteiger partial charge < -0.3 is 10.5 Å². The third-order valence-electron chi connectivity index (χ3n) is 2.35. The number of benzene rings is 1. The van der Waals surface area contributed by atoms with E-state index in [0.717, 1.165) is 0 Å². The van der Waals surface area contributed by atoms with Gasteiger partial charge in [0.15, 0.2) is 0 Å². The molecule has 0 atom stereocenters. The van der Waals surface area contributed by atoms with E-state index in [9.17, 15) is 4.79 Å². The van der Waals surface area contributed by atoms with E-state index in [1.54, 1.807) is 29.6 Å². The maximum absolute atomic E-state index is 12.3. The summed E-state index contributed by atoms with van der Waals surface area (Å²) in [6, 6.07) is 6.76. The number of nitrogens with two attached hydrogens (primary N) is 1. The zero-order valence-corrected chi connectivity index (χ0v) is 10.6. The molecular formula is C12H10ClNO2S. The number of para-hydroxylation sites is 1. The SMILES string of the molecule is COc1ccsc1C(=O)c1cccc(Cl)c1N. The van der Waals surface area contributed by atoms with Crippen LogP contribution in [0.4, 0.5) is 5.69 Å². The van der Waals surface area contributed by atoms with Crippen LogP contribution >= 0.6 is 22.9 Å². The molecule has 0 bridgehead atoms. The van der Waals surface area contributed by atoms with E-state index in [0.29, 0.717) is 26.9 Å². The van der Waals surface area contributed by atoms with Crippen molar-refractivity contribution < 1.29 is 9.53 Å². The highest BCUT2D eigenvalue weighted by Crippen LogP contribution is 2.31. The third kappa shape index (κ3) is 2.14. The van der Waals surface area contributed by atoms with Crippen molar-refractivity contribution in [1.29, 1.82) is 0 Å². The van der Waals surface area contributed by atoms with Gasteiger partial charge in [-0.05, 0) is 23.6 Å². The Morgan fingerprint density at radius 1 is 1.41 bits per heavy atom. The van der Waals surface area contributed by atoms with Crippen LogP contribution in [0.3, 0.4) is 0 Å². The molecule has 17 heavy (non-hydrogen) atoms. The van der Waals surface area contributed by atoms with Crippen molar-refractivity contribution in [1.82, 2.24) is 0 Å². The second kappa shape index (κ2) is 4.77. The lowest BCUT2D eigenvalue weighted by Gasteiger charge is -2.06. The van der Waals surface area contributed by atoms with E-state index < -0.39 is 0 Å². The molecule has 0 saturated carbocycles. The molecule has 1 heterocycles. The van der Waals surface area contributed by atoms with Gasteiger partial charge in [0, 0.05) is 5.56 Å². The van der Waals surface area contributed by atoms with E-state index in [-0.39, 0.29) is 5.78 Å². The van der Waals surface area contributed by atoms with Gasteiger partial charge in [0.25, 0.3) is 0 Å². The Labute approximate surface area is 108 Å². The van der Waals surface area contributed by atoms with Crippen molar-refractivity contribution in [2.24, 2.45) is 0 Å². The number of thiophene rings is 1. The highest BCUT2D eigenvalue weighted by Gasteiger charge is 2.19. The summed E-state index contributed by atoms with van der Waals surface area (Å²) in [6.07, 6.45) is 0. The summed E-state index contributed by atoms with van der Waals surface area (Å²) >= 11 is 7.21. The largest absolute Gasteiger partial charge is 0.495 e. The second-order valence-corrected chi connectivity index (χ2v) is 4.67. The molecule has 0 unspecified atom stereocenters. The maximum atomic E-state index is 12.3. The monoisotopic (exact) mass is 267 g/mol. The van der Waals surface area contributed by atoms with E-state index in [1.807, 2.05) is 0 Å². The average Bonchev–Trinajstić information content (AvgIpc) is 2.80. The first-order valence-electron chi connectivity index (χ1n) is 4.85. The van der Waals surface area contributed by atoms with Gasteiger partial charge >= 0.3 is 0 Å². The summed E-state index contributed by atoms with van der Waals surface area (Å²) in [6.45, 7) is 0. The van der Waals surface area contributed by atoms with Crippen LogP contribution in [0.25, 0.3) is 0 Å². The number of ketones is 1. The predicted octanol–water partition coefficient (Wildman–Crippen LogP) is 3.22. The van der Waals surface area contributed by atoms with Crippen molar-refractivity contribution in [3.63, 3.8) is 0 Å². The molecule has 2 rings (SSSR count). The highest BCUT2D eigenvalue weighted by molar-refractivity contribution is 7.12. The quantitative estimate of drug-likeness (QED) is 0.686. The molecule has 0 aliphatic heterocycles. The van der Waals surface area contributed by atoms with Gasteiger partial charge in [-0.25, -0.2) is 0 Å². The van der Waals surface area contributed by atoms with Gasteiger partial charge in [0.05, 0.1) is 17.8 Å². The Balaban J connectivity index is 2.48. The Hall–Kier alpha value is -1.52. The van der Waals surface area contributed by atoms with Crippen LogP contribution in [0.15, 0.2) is 29.6 Å². The summed E-state index contributed by atoms with van der Waals surface area (Å²) < 4.78 is 5.11. The number of methoxy groups -OCH3 is 1. The highest BCUT2D eigenvalue weighted by atomic mass is 35.5. The summed E-state index contributed by atoms with van der Waals surface area (Å²) in [5.41, 5.74) is 6.49. The molecule has 0 radical (unpaired) electrons. The van der Waals surface area contributed by atoms with Crippen molar-refractivity contribution in [2.75, 3.05) is 12.8 Å². The Kier molecular flexibility index (Phi) is 3.36. The first kappa shape index (κ1) is 12.0. The summed E-state index contributed by atoms with van der Waals surface area (Å²) in [5.74, 6) is 0.385. The van der Waals surface area contributed by atoms with E-state index in [1.165, 1.54) is 18.4 Å². The van der Waals surface area contributed by atoms with Crippen LogP contribution in [0.2, 0.25) is 5.02 Å². The minimum absolute atomic E-state index is 0.170. The number of rotatable bonds is 3. The minimum atomic E-state index is -0.170. The van der Waals surface area contributed by atoms with Crippen molar-refractivity contribution in [3.8, 4) is 5.75 Å². The van der Waals surface area contributed by atoms with Crippen molar-refractivity contribution in [3.05, 3.63) is 45.1 Å². The number of ether oxygens (including phenoxy) is 1. The first-order chi connectivity index (χ1) is 8.15. The fourth-order valence-corrected chi connectivity index (χ4v) is 2.47. The van der Waals surface area contributed by atoms with Gasteiger partial charge in [-0.3, -0.25) is 4.79 Å². The summed E-state index contributed by atoms with van der Waals surface area (Å²) in [4.78, 5) is 12.8. The lowest BCUT2D eigenvalue weighted by atomic mass is 10.1. The Morgan fingerprint density at radius 2 is 2.18 bits per heavy atom. The summed E-state index contributed by atoms with van der Waals surface area (Å²) in [7, 11) is 1.53. The molecule has 0 saturated heterocycles. The van der Waals surface area contributed by atoms with Gasteiger partial charge in [0.1, 0.15) is 10.6 Å². The molecular weight excluding hydrogens is 258 g/mol. The van der Waals surface area contributed by atoms with Crippen LogP contribution in [-0.4, -0.2) is 12.9 Å². The summed E-state index contributed by atoms with van der Waals surface area (Å²) in [5, 5.41) is 2.18. The number of halogens is 1. The molecule has 0 aliphatic rings. The molecule has 88 valence electrons. The van der Waals surface area contributed by atoms with Crippen LogP contribution in [0.1, 0.15) is 15.2 Å². The zero-order chi connectivity index (χ0) is 12.4. The van der Waals surface area contributed by atoms with Crippen LogP contribution in [-0.2, 0) is 0 Å². The predicted molar refractivity (Wildman–Crippen MR) is 70.2 cm³/mol. The van der Waals surface area contributed by atoms with Crippen LogP contribution in [0.5, 0.6) is 5.75 Å². The Bertz CT molecular complexity index is 565. The van der Waals surface area contributed by atoms with E-state index in [2.05, 4.69) is 0 Å². The lowest BCUT2D eigenvalue weighted by Crippen LogP contribution is -2.05. The molecule has 1 aromatic carbocycles. The van der Waals surface area contributed by atoms with Gasteiger partial charge in [0.2, 0.25) is 5.78 Å². The molecule has 3 nitrogen and oxygen atoms in total. The number of carbonyl (C=O) groups is 1. The molecule has 0 spiro atoms. The molecule has 2 aromatic rings. The molecule has 0 fully saturated rings. The standard InChI is InChI=1S/C12H10ClNO2S/c1-16-9-5-6-17-12(9)11(15)7-3-2-4-8(13)10(7)14/h2-6H,14H2,1H3. The maximum Gasteiger partial charge on any atom is 0.208 e. The average molecular weight is 268 g/mol. The van der Waals surface area contributed by atoms with E-state index >= 15 is 0 Å². The van der Waals surface area contributed by atoms with Gasteiger partial charge in [-0.2, -0.15) is 0 Å². The molecule has 5 heteroatoms.